The highest BCUT2D eigenvalue weighted by molar-refractivity contribution is 7.11. The van der Waals surface area contributed by atoms with Crippen LogP contribution in [0.1, 0.15) is 12.6 Å². The lowest BCUT2D eigenvalue weighted by molar-refractivity contribution is -0.118. The number of nitrogens with zero attached hydrogens (tertiary/aromatic N) is 2. The number of fused-ring (bicyclic) bond motifs is 1. The number of hydrogen-bond donors (Lipinski definition) is 2. The van der Waals surface area contributed by atoms with E-state index in [2.05, 4.69) is 19.7 Å². The third kappa shape index (κ3) is 3.05. The van der Waals surface area contributed by atoms with Gasteiger partial charge >= 0.3 is 0 Å². The van der Waals surface area contributed by atoms with Gasteiger partial charge in [0.25, 0.3) is 5.91 Å². The standard InChI is InChI=1S/C14H13ClN4O2S/c1-2-9-13(15)14(22-19-9)18-12(20)6-21-8-3-4-10-11(5-8)17-7-16-10/h3-5,7H,2,6H2,1H3,(H,16,17)(H,18,20). The van der Waals surface area contributed by atoms with Crippen molar-refractivity contribution in [1.82, 2.24) is 14.3 Å². The number of imidazole rings is 1. The molecule has 0 saturated heterocycles. The summed E-state index contributed by atoms with van der Waals surface area (Å²) in [6, 6.07) is 5.39. The first kappa shape index (κ1) is 14.8. The summed E-state index contributed by atoms with van der Waals surface area (Å²) in [6.45, 7) is 1.86. The number of benzene rings is 1. The molecular formula is C14H13ClN4O2S. The average Bonchev–Trinajstić information content (AvgIpc) is 3.12. The van der Waals surface area contributed by atoms with Crippen molar-refractivity contribution in [3.05, 3.63) is 35.2 Å². The first-order chi connectivity index (χ1) is 10.7. The van der Waals surface area contributed by atoms with Gasteiger partial charge in [0.05, 0.1) is 28.1 Å². The molecule has 0 unspecified atom stereocenters. The molecule has 22 heavy (non-hydrogen) atoms. The van der Waals surface area contributed by atoms with Crippen molar-refractivity contribution in [2.24, 2.45) is 0 Å². The van der Waals surface area contributed by atoms with Crippen molar-refractivity contribution >= 4 is 45.1 Å². The molecule has 0 spiro atoms. The second-order valence-electron chi connectivity index (χ2n) is 4.54. The fourth-order valence-electron chi connectivity index (χ4n) is 1.93. The molecule has 8 heteroatoms. The summed E-state index contributed by atoms with van der Waals surface area (Å²) in [5, 5.41) is 3.76. The molecule has 3 aromatic rings. The lowest BCUT2D eigenvalue weighted by atomic mass is 10.3. The average molecular weight is 337 g/mol. The molecule has 6 nitrogen and oxygen atoms in total. The van der Waals surface area contributed by atoms with Crippen LogP contribution in [0.2, 0.25) is 5.02 Å². The molecule has 0 saturated carbocycles. The minimum absolute atomic E-state index is 0.102. The number of aryl methyl sites for hydroxylation is 1. The summed E-state index contributed by atoms with van der Waals surface area (Å²) in [5.41, 5.74) is 2.49. The van der Waals surface area contributed by atoms with Gasteiger partial charge in [0.2, 0.25) is 0 Å². The van der Waals surface area contributed by atoms with Crippen LogP contribution in [0.5, 0.6) is 5.75 Å². The summed E-state index contributed by atoms with van der Waals surface area (Å²) >= 11 is 7.29. The Hall–Kier alpha value is -2.12. The Kier molecular flexibility index (Phi) is 4.26. The van der Waals surface area contributed by atoms with E-state index in [1.807, 2.05) is 13.0 Å². The molecule has 0 aliphatic carbocycles. The Bertz CT molecular complexity index is 814. The Morgan fingerprint density at radius 1 is 1.50 bits per heavy atom. The van der Waals surface area contributed by atoms with Crippen molar-refractivity contribution in [1.29, 1.82) is 0 Å². The molecule has 1 aromatic carbocycles. The van der Waals surface area contributed by atoms with Crippen LogP contribution in [0, 0.1) is 0 Å². The SMILES string of the molecule is CCc1nsc(NC(=O)COc2ccc3nc[nH]c3c2)c1Cl. The smallest absolute Gasteiger partial charge is 0.262 e. The van der Waals surface area contributed by atoms with E-state index in [4.69, 9.17) is 16.3 Å². The number of amides is 1. The number of carbonyl (C=O) groups is 1. The molecular weight excluding hydrogens is 324 g/mol. The molecule has 0 radical (unpaired) electrons. The lowest BCUT2D eigenvalue weighted by Gasteiger charge is -2.06. The molecule has 0 aliphatic heterocycles. The Balaban J connectivity index is 1.60. The number of aromatic amines is 1. The number of ether oxygens (including phenoxy) is 1. The van der Waals surface area contributed by atoms with Gasteiger partial charge in [0.1, 0.15) is 10.8 Å². The van der Waals surface area contributed by atoms with Gasteiger partial charge in [-0.15, -0.1) is 0 Å². The maximum Gasteiger partial charge on any atom is 0.262 e. The maximum atomic E-state index is 11.9. The molecule has 0 fully saturated rings. The summed E-state index contributed by atoms with van der Waals surface area (Å²) in [4.78, 5) is 19.0. The lowest BCUT2D eigenvalue weighted by Crippen LogP contribution is -2.19. The third-order valence-corrected chi connectivity index (χ3v) is 4.37. The first-order valence-corrected chi connectivity index (χ1v) is 7.82. The van der Waals surface area contributed by atoms with Crippen molar-refractivity contribution in [2.75, 3.05) is 11.9 Å². The second-order valence-corrected chi connectivity index (χ2v) is 5.70. The zero-order valence-electron chi connectivity index (χ0n) is 11.7. The summed E-state index contributed by atoms with van der Waals surface area (Å²) in [6.07, 6.45) is 2.34. The van der Waals surface area contributed by atoms with E-state index >= 15 is 0 Å². The van der Waals surface area contributed by atoms with E-state index in [0.717, 1.165) is 23.1 Å². The number of halogens is 1. The zero-order chi connectivity index (χ0) is 15.5. The fourth-order valence-corrected chi connectivity index (χ4v) is 3.08. The van der Waals surface area contributed by atoms with Gasteiger partial charge in [-0.05, 0) is 30.1 Å². The van der Waals surface area contributed by atoms with Crippen LogP contribution >= 0.6 is 23.1 Å². The summed E-state index contributed by atoms with van der Waals surface area (Å²) in [7, 11) is 0. The number of carbonyl (C=O) groups excluding carboxylic acids is 1. The molecule has 2 heterocycles. The Morgan fingerprint density at radius 2 is 2.36 bits per heavy atom. The quantitative estimate of drug-likeness (QED) is 0.749. The molecule has 0 atom stereocenters. The number of nitrogens with one attached hydrogen (secondary N) is 2. The van der Waals surface area contributed by atoms with Crippen molar-refractivity contribution in [3.8, 4) is 5.75 Å². The fraction of sp³-hybridized carbons (Fsp3) is 0.214. The van der Waals surface area contributed by atoms with Gasteiger partial charge in [-0.3, -0.25) is 4.79 Å². The highest BCUT2D eigenvalue weighted by atomic mass is 35.5. The number of hydrogen-bond acceptors (Lipinski definition) is 5. The van der Waals surface area contributed by atoms with Gasteiger partial charge < -0.3 is 15.0 Å². The topological polar surface area (TPSA) is 79.9 Å². The minimum atomic E-state index is -0.280. The van der Waals surface area contributed by atoms with E-state index in [9.17, 15) is 4.79 Å². The van der Waals surface area contributed by atoms with Crippen LogP contribution in [0.15, 0.2) is 24.5 Å². The number of aromatic nitrogens is 3. The van der Waals surface area contributed by atoms with Crippen LogP contribution in [-0.2, 0) is 11.2 Å². The zero-order valence-corrected chi connectivity index (χ0v) is 13.3. The van der Waals surface area contributed by atoms with Crippen LogP contribution < -0.4 is 10.1 Å². The van der Waals surface area contributed by atoms with Crippen LogP contribution in [0.3, 0.4) is 0 Å². The van der Waals surface area contributed by atoms with E-state index in [-0.39, 0.29) is 12.5 Å². The molecule has 0 bridgehead atoms. The maximum absolute atomic E-state index is 11.9. The van der Waals surface area contributed by atoms with Gasteiger partial charge in [-0.2, -0.15) is 4.37 Å². The highest BCUT2D eigenvalue weighted by Gasteiger charge is 2.13. The van der Waals surface area contributed by atoms with Crippen molar-refractivity contribution in [2.45, 2.75) is 13.3 Å². The third-order valence-electron chi connectivity index (χ3n) is 3.05. The Labute approximate surface area is 135 Å². The highest BCUT2D eigenvalue weighted by Crippen LogP contribution is 2.30. The Morgan fingerprint density at radius 3 is 3.14 bits per heavy atom. The first-order valence-electron chi connectivity index (χ1n) is 6.67. The molecule has 2 N–H and O–H groups in total. The normalized spacial score (nSPS) is 10.8. The van der Waals surface area contributed by atoms with Crippen LogP contribution in [0.4, 0.5) is 5.00 Å². The number of rotatable bonds is 5. The van der Waals surface area contributed by atoms with E-state index < -0.39 is 0 Å². The van der Waals surface area contributed by atoms with E-state index in [0.29, 0.717) is 15.8 Å². The predicted molar refractivity (Wildman–Crippen MR) is 86.7 cm³/mol. The largest absolute Gasteiger partial charge is 0.484 e. The summed E-state index contributed by atoms with van der Waals surface area (Å²) < 4.78 is 9.65. The number of H-pyrrole nitrogens is 1. The molecule has 0 aliphatic rings. The van der Waals surface area contributed by atoms with E-state index in [1.165, 1.54) is 11.5 Å². The summed E-state index contributed by atoms with van der Waals surface area (Å²) in [5.74, 6) is 0.314. The van der Waals surface area contributed by atoms with E-state index in [1.54, 1.807) is 18.5 Å². The van der Waals surface area contributed by atoms with Gasteiger partial charge in [-0.1, -0.05) is 18.5 Å². The van der Waals surface area contributed by atoms with Crippen LogP contribution in [0.25, 0.3) is 11.0 Å². The molecule has 1 amide bonds. The van der Waals surface area contributed by atoms with Gasteiger partial charge in [0.15, 0.2) is 6.61 Å². The van der Waals surface area contributed by atoms with Crippen LogP contribution in [-0.4, -0.2) is 26.9 Å². The second kappa shape index (κ2) is 6.33. The molecule has 2 aromatic heterocycles. The molecule has 114 valence electrons. The van der Waals surface area contributed by atoms with Gasteiger partial charge in [0, 0.05) is 6.07 Å². The monoisotopic (exact) mass is 336 g/mol. The van der Waals surface area contributed by atoms with Crippen molar-refractivity contribution < 1.29 is 9.53 Å². The predicted octanol–water partition coefficient (Wildman–Crippen LogP) is 3.25. The van der Waals surface area contributed by atoms with Crippen molar-refractivity contribution in [3.63, 3.8) is 0 Å². The molecule has 3 rings (SSSR count). The minimum Gasteiger partial charge on any atom is -0.484 e. The van der Waals surface area contributed by atoms with Gasteiger partial charge in [-0.25, -0.2) is 4.98 Å². The number of anilines is 1.